The minimum Gasteiger partial charge on any atom is -0.347 e. The van der Waals surface area contributed by atoms with E-state index in [9.17, 15) is 22.4 Å². The number of nitrogens with one attached hydrogen (secondary N) is 1. The summed E-state index contributed by atoms with van der Waals surface area (Å²) in [5, 5.41) is 3.17. The molecule has 2 aromatic carbocycles. The topological polar surface area (TPSA) is 42.0 Å². The molecule has 0 aliphatic carbocycles. The third-order valence-electron chi connectivity index (χ3n) is 4.15. The summed E-state index contributed by atoms with van der Waals surface area (Å²) in [6.07, 6.45) is -4.40. The average molecular weight is 408 g/mol. The van der Waals surface area contributed by atoms with E-state index in [1.165, 1.54) is 18.2 Å². The summed E-state index contributed by atoms with van der Waals surface area (Å²) >= 11 is 1.10. The van der Waals surface area contributed by atoms with E-state index in [2.05, 4.69) is 10.3 Å². The molecule has 3 nitrogen and oxygen atoms in total. The van der Waals surface area contributed by atoms with Crippen LogP contribution in [0.15, 0.2) is 42.5 Å². The molecule has 0 aliphatic heterocycles. The van der Waals surface area contributed by atoms with E-state index < -0.39 is 11.7 Å². The Hall–Kier alpha value is -2.74. The minimum atomic E-state index is -4.40. The number of halogens is 4. The number of nitrogens with zero attached hydrogens (tertiary/aromatic N) is 1. The molecule has 1 amide bonds. The van der Waals surface area contributed by atoms with E-state index in [0.29, 0.717) is 32.3 Å². The minimum absolute atomic E-state index is 0.156. The Morgan fingerprint density at radius 1 is 1.11 bits per heavy atom. The molecule has 1 N–H and O–H groups in total. The second kappa shape index (κ2) is 7.71. The van der Waals surface area contributed by atoms with Gasteiger partial charge in [-0.1, -0.05) is 24.3 Å². The van der Waals surface area contributed by atoms with Crippen LogP contribution in [0.5, 0.6) is 0 Å². The van der Waals surface area contributed by atoms with E-state index in [4.69, 9.17) is 0 Å². The summed E-state index contributed by atoms with van der Waals surface area (Å²) < 4.78 is 51.6. The predicted molar refractivity (Wildman–Crippen MR) is 99.6 cm³/mol. The molecule has 1 heterocycles. The van der Waals surface area contributed by atoms with Gasteiger partial charge in [-0.25, -0.2) is 9.37 Å². The molecule has 3 aromatic rings. The van der Waals surface area contributed by atoms with Gasteiger partial charge in [0.1, 0.15) is 15.7 Å². The van der Waals surface area contributed by atoms with Crippen LogP contribution in [-0.2, 0) is 12.7 Å². The van der Waals surface area contributed by atoms with Gasteiger partial charge in [-0.15, -0.1) is 11.3 Å². The van der Waals surface area contributed by atoms with Gasteiger partial charge >= 0.3 is 6.18 Å². The van der Waals surface area contributed by atoms with Crippen LogP contribution in [0.25, 0.3) is 10.6 Å². The number of aromatic nitrogens is 1. The quantitative estimate of drug-likeness (QED) is 0.578. The smallest absolute Gasteiger partial charge is 0.347 e. The fourth-order valence-corrected chi connectivity index (χ4v) is 3.53. The van der Waals surface area contributed by atoms with E-state index >= 15 is 0 Å². The Morgan fingerprint density at radius 2 is 1.79 bits per heavy atom. The standard InChI is InChI=1S/C20H16F4N2OS/c1-11-3-4-13(9-16(11)21)10-25-18(27)17-12(2)26-19(28-17)14-5-7-15(8-6-14)20(22,23)24/h3-9H,10H2,1-2H3,(H,25,27). The number of benzene rings is 2. The first-order valence-electron chi connectivity index (χ1n) is 8.33. The van der Waals surface area contributed by atoms with Crippen LogP contribution in [0.2, 0.25) is 0 Å². The zero-order valence-corrected chi connectivity index (χ0v) is 15.8. The Labute approximate surface area is 163 Å². The second-order valence-corrected chi connectivity index (χ2v) is 7.27. The lowest BCUT2D eigenvalue weighted by Crippen LogP contribution is -2.22. The van der Waals surface area contributed by atoms with Gasteiger partial charge in [0.15, 0.2) is 0 Å². The van der Waals surface area contributed by atoms with E-state index in [-0.39, 0.29) is 18.3 Å². The first kappa shape index (κ1) is 20.0. The Kier molecular flexibility index (Phi) is 5.51. The van der Waals surface area contributed by atoms with Crippen molar-refractivity contribution < 1.29 is 22.4 Å². The van der Waals surface area contributed by atoms with Gasteiger partial charge in [0.05, 0.1) is 11.3 Å². The zero-order chi connectivity index (χ0) is 20.5. The van der Waals surface area contributed by atoms with E-state index in [0.717, 1.165) is 23.5 Å². The number of rotatable bonds is 4. The van der Waals surface area contributed by atoms with Crippen LogP contribution in [0, 0.1) is 19.7 Å². The van der Waals surface area contributed by atoms with Gasteiger partial charge in [-0.2, -0.15) is 13.2 Å². The van der Waals surface area contributed by atoms with Gasteiger partial charge in [0.2, 0.25) is 0 Å². The molecular weight excluding hydrogens is 392 g/mol. The van der Waals surface area contributed by atoms with Crippen LogP contribution in [-0.4, -0.2) is 10.9 Å². The van der Waals surface area contributed by atoms with Crippen molar-refractivity contribution in [1.29, 1.82) is 0 Å². The van der Waals surface area contributed by atoms with Crippen LogP contribution in [0.4, 0.5) is 17.6 Å². The molecule has 0 fully saturated rings. The number of amides is 1. The Bertz CT molecular complexity index is 1010. The molecule has 0 bridgehead atoms. The van der Waals surface area contributed by atoms with Crippen LogP contribution >= 0.6 is 11.3 Å². The number of hydrogen-bond donors (Lipinski definition) is 1. The molecule has 3 rings (SSSR count). The highest BCUT2D eigenvalue weighted by Gasteiger charge is 2.30. The summed E-state index contributed by atoms with van der Waals surface area (Å²) in [5.74, 6) is -0.709. The Balaban J connectivity index is 1.74. The number of carbonyl (C=O) groups is 1. The van der Waals surface area contributed by atoms with Gasteiger partial charge in [0, 0.05) is 12.1 Å². The number of hydrogen-bond acceptors (Lipinski definition) is 3. The predicted octanol–water partition coefficient (Wildman–Crippen LogP) is 5.51. The molecule has 0 aliphatic rings. The third-order valence-corrected chi connectivity index (χ3v) is 5.36. The summed E-state index contributed by atoms with van der Waals surface area (Å²) in [7, 11) is 0. The normalized spacial score (nSPS) is 11.5. The molecule has 28 heavy (non-hydrogen) atoms. The lowest BCUT2D eigenvalue weighted by Gasteiger charge is -2.06. The third kappa shape index (κ3) is 4.39. The molecule has 0 spiro atoms. The van der Waals surface area contributed by atoms with Gasteiger partial charge in [-0.05, 0) is 43.2 Å². The summed E-state index contributed by atoms with van der Waals surface area (Å²) in [4.78, 5) is 17.1. The maximum Gasteiger partial charge on any atom is 0.416 e. The lowest BCUT2D eigenvalue weighted by molar-refractivity contribution is -0.137. The van der Waals surface area contributed by atoms with Crippen molar-refractivity contribution in [3.8, 4) is 10.6 Å². The summed E-state index contributed by atoms with van der Waals surface area (Å²) in [5.41, 5.74) is 1.39. The number of thiazole rings is 1. The molecule has 8 heteroatoms. The maximum atomic E-state index is 13.6. The largest absolute Gasteiger partial charge is 0.416 e. The van der Waals surface area contributed by atoms with Crippen molar-refractivity contribution in [3.05, 3.63) is 75.5 Å². The molecule has 0 unspecified atom stereocenters. The molecule has 0 atom stereocenters. The van der Waals surface area contributed by atoms with Crippen molar-refractivity contribution in [3.63, 3.8) is 0 Å². The van der Waals surface area contributed by atoms with Crippen molar-refractivity contribution in [2.75, 3.05) is 0 Å². The molecule has 0 radical (unpaired) electrons. The van der Waals surface area contributed by atoms with Gasteiger partial charge in [-0.3, -0.25) is 4.79 Å². The maximum absolute atomic E-state index is 13.6. The summed E-state index contributed by atoms with van der Waals surface area (Å²) in [6.45, 7) is 3.47. The molecule has 146 valence electrons. The monoisotopic (exact) mass is 408 g/mol. The van der Waals surface area contributed by atoms with Crippen molar-refractivity contribution >= 4 is 17.2 Å². The number of aryl methyl sites for hydroxylation is 2. The summed E-state index contributed by atoms with van der Waals surface area (Å²) in [6, 6.07) is 9.36. The van der Waals surface area contributed by atoms with Crippen LogP contribution in [0.3, 0.4) is 0 Å². The molecule has 0 saturated heterocycles. The number of carbonyl (C=O) groups excluding carboxylic acids is 1. The average Bonchev–Trinajstić information content (AvgIpc) is 3.03. The zero-order valence-electron chi connectivity index (χ0n) is 15.0. The number of alkyl halides is 3. The highest BCUT2D eigenvalue weighted by atomic mass is 32.1. The fourth-order valence-electron chi connectivity index (χ4n) is 2.54. The SMILES string of the molecule is Cc1ccc(CNC(=O)c2sc(-c3ccc(C(F)(F)F)cc3)nc2C)cc1F. The molecule has 0 saturated carbocycles. The van der Waals surface area contributed by atoms with Crippen molar-refractivity contribution in [2.24, 2.45) is 0 Å². The highest BCUT2D eigenvalue weighted by Crippen LogP contribution is 2.33. The fraction of sp³-hybridized carbons (Fsp3) is 0.200. The molecule has 1 aromatic heterocycles. The highest BCUT2D eigenvalue weighted by molar-refractivity contribution is 7.17. The van der Waals surface area contributed by atoms with Gasteiger partial charge < -0.3 is 5.32 Å². The first-order valence-corrected chi connectivity index (χ1v) is 9.15. The van der Waals surface area contributed by atoms with Crippen LogP contribution < -0.4 is 5.32 Å². The first-order chi connectivity index (χ1) is 13.1. The Morgan fingerprint density at radius 3 is 2.39 bits per heavy atom. The van der Waals surface area contributed by atoms with E-state index in [1.54, 1.807) is 26.0 Å². The molecular formula is C20H16F4N2OS. The van der Waals surface area contributed by atoms with Crippen LogP contribution in [0.1, 0.15) is 32.1 Å². The van der Waals surface area contributed by atoms with Crippen molar-refractivity contribution in [1.82, 2.24) is 10.3 Å². The lowest BCUT2D eigenvalue weighted by atomic mass is 10.1. The second-order valence-electron chi connectivity index (χ2n) is 6.27. The van der Waals surface area contributed by atoms with E-state index in [1.807, 2.05) is 0 Å². The van der Waals surface area contributed by atoms with Crippen molar-refractivity contribution in [2.45, 2.75) is 26.6 Å². The van der Waals surface area contributed by atoms with Gasteiger partial charge in [0.25, 0.3) is 5.91 Å².